The van der Waals surface area contributed by atoms with E-state index in [1.165, 1.54) is 62.5 Å². The van der Waals surface area contributed by atoms with Crippen molar-refractivity contribution in [1.29, 1.82) is 0 Å². The van der Waals surface area contributed by atoms with Gasteiger partial charge >= 0.3 is 0 Å². The zero-order valence-corrected chi connectivity index (χ0v) is 23.3. The minimum absolute atomic E-state index is 0.196. The molecule has 2 saturated heterocycles. The van der Waals surface area contributed by atoms with Gasteiger partial charge in [0.25, 0.3) is 0 Å². The Balaban J connectivity index is 1.32. The predicted molar refractivity (Wildman–Crippen MR) is 150 cm³/mol. The summed E-state index contributed by atoms with van der Waals surface area (Å²) in [5.74, 6) is 3.09. The zero-order chi connectivity index (χ0) is 25.1. The van der Waals surface area contributed by atoms with E-state index in [0.717, 1.165) is 37.3 Å². The van der Waals surface area contributed by atoms with Crippen LogP contribution in [0.5, 0.6) is 0 Å². The van der Waals surface area contributed by atoms with Crippen molar-refractivity contribution in [2.45, 2.75) is 116 Å². The summed E-state index contributed by atoms with van der Waals surface area (Å²) < 4.78 is 6.48. The van der Waals surface area contributed by atoms with E-state index in [1.807, 2.05) is 0 Å². The largest absolute Gasteiger partial charge is 0.373 e. The molecule has 0 bridgehead atoms. The van der Waals surface area contributed by atoms with Gasteiger partial charge in [0.1, 0.15) is 0 Å². The number of piperidine rings is 1. The molecule has 0 aromatic heterocycles. The Morgan fingerprint density at radius 1 is 0.886 bits per heavy atom. The van der Waals surface area contributed by atoms with E-state index in [9.17, 15) is 0 Å². The fraction of sp³-hybridized carbons (Fsp3) is 0.697. The van der Waals surface area contributed by atoms with Crippen LogP contribution in [0.3, 0.4) is 0 Å². The van der Waals surface area contributed by atoms with Gasteiger partial charge in [-0.15, -0.1) is 6.58 Å². The second-order valence-electron chi connectivity index (χ2n) is 13.0. The molecule has 1 saturated carbocycles. The molecule has 35 heavy (non-hydrogen) atoms. The monoisotopic (exact) mass is 477 g/mol. The average molecular weight is 478 g/mol. The lowest BCUT2D eigenvalue weighted by molar-refractivity contribution is -0.0397. The Kier molecular flexibility index (Phi) is 8.65. The summed E-state index contributed by atoms with van der Waals surface area (Å²) in [5, 5.41) is 0. The van der Waals surface area contributed by atoms with Crippen LogP contribution in [0.4, 0.5) is 0 Å². The molecule has 3 aliphatic rings. The fourth-order valence-corrected chi connectivity index (χ4v) is 7.85. The molecule has 2 atom stereocenters. The molecule has 194 valence electrons. The van der Waals surface area contributed by atoms with Crippen molar-refractivity contribution in [1.82, 2.24) is 4.90 Å². The molecule has 2 nitrogen and oxygen atoms in total. The number of likely N-dealkylation sites (tertiary alicyclic amines) is 1. The van der Waals surface area contributed by atoms with E-state index >= 15 is 0 Å². The first-order chi connectivity index (χ1) is 16.7. The number of rotatable bonds is 7. The van der Waals surface area contributed by atoms with Crippen LogP contribution in [0, 0.1) is 17.8 Å². The first-order valence-corrected chi connectivity index (χ1v) is 14.5. The lowest BCUT2D eigenvalue weighted by Crippen LogP contribution is -2.60. The highest BCUT2D eigenvalue weighted by Crippen LogP contribution is 2.46. The van der Waals surface area contributed by atoms with E-state index < -0.39 is 0 Å². The predicted octanol–water partition coefficient (Wildman–Crippen LogP) is 8.85. The zero-order valence-electron chi connectivity index (χ0n) is 23.3. The van der Waals surface area contributed by atoms with Crippen LogP contribution >= 0.6 is 0 Å². The number of nitrogens with zero attached hydrogens (tertiary/aromatic N) is 1. The third-order valence-corrected chi connectivity index (χ3v) is 9.55. The highest BCUT2D eigenvalue weighted by Gasteiger charge is 2.45. The van der Waals surface area contributed by atoms with Crippen molar-refractivity contribution in [2.75, 3.05) is 13.2 Å². The Bertz CT molecular complexity index is 816. The van der Waals surface area contributed by atoms with Crippen LogP contribution in [-0.2, 0) is 4.74 Å². The quantitative estimate of drug-likeness (QED) is 0.364. The third kappa shape index (κ3) is 6.31. The molecule has 1 aromatic rings. The van der Waals surface area contributed by atoms with Gasteiger partial charge in [-0.05, 0) is 127 Å². The first-order valence-electron chi connectivity index (χ1n) is 14.5. The summed E-state index contributed by atoms with van der Waals surface area (Å²) in [4.78, 5) is 2.71. The van der Waals surface area contributed by atoms with Gasteiger partial charge in [-0.3, -0.25) is 4.90 Å². The van der Waals surface area contributed by atoms with Crippen molar-refractivity contribution in [2.24, 2.45) is 17.8 Å². The van der Waals surface area contributed by atoms with Gasteiger partial charge in [-0.2, -0.15) is 0 Å². The second-order valence-corrected chi connectivity index (χ2v) is 13.0. The molecule has 1 aliphatic carbocycles. The molecular weight excluding hydrogens is 426 g/mol. The molecule has 0 radical (unpaired) electrons. The minimum Gasteiger partial charge on any atom is -0.373 e. The van der Waals surface area contributed by atoms with Crippen LogP contribution < -0.4 is 0 Å². The van der Waals surface area contributed by atoms with Gasteiger partial charge < -0.3 is 4.74 Å². The Hall–Kier alpha value is -1.38. The van der Waals surface area contributed by atoms with Crippen molar-refractivity contribution >= 4 is 0 Å². The maximum Gasteiger partial charge on any atom is 0.0825 e. The van der Waals surface area contributed by atoms with Crippen molar-refractivity contribution in [3.63, 3.8) is 0 Å². The van der Waals surface area contributed by atoms with E-state index in [1.54, 1.807) is 0 Å². The van der Waals surface area contributed by atoms with Crippen LogP contribution in [0.1, 0.15) is 116 Å². The lowest BCUT2D eigenvalue weighted by Gasteiger charge is -2.55. The number of ether oxygens (including phenoxy) is 1. The molecule has 2 heterocycles. The first kappa shape index (κ1) is 26.7. The van der Waals surface area contributed by atoms with Gasteiger partial charge in [0.2, 0.25) is 0 Å². The summed E-state index contributed by atoms with van der Waals surface area (Å²) in [6.45, 7) is 17.9. The van der Waals surface area contributed by atoms with Crippen molar-refractivity contribution in [3.05, 3.63) is 60.2 Å². The van der Waals surface area contributed by atoms with Gasteiger partial charge in [0.15, 0.2) is 0 Å². The van der Waals surface area contributed by atoms with Crippen LogP contribution in [-0.4, -0.2) is 29.1 Å². The van der Waals surface area contributed by atoms with Gasteiger partial charge in [-0.25, -0.2) is 0 Å². The smallest absolute Gasteiger partial charge is 0.0825 e. The van der Waals surface area contributed by atoms with Gasteiger partial charge in [0, 0.05) is 17.6 Å². The second kappa shape index (κ2) is 11.3. The van der Waals surface area contributed by atoms with E-state index in [0.29, 0.717) is 5.92 Å². The normalized spacial score (nSPS) is 32.0. The lowest BCUT2D eigenvalue weighted by atomic mass is 9.71. The molecule has 4 rings (SSSR count). The Labute approximate surface area is 216 Å². The summed E-state index contributed by atoms with van der Waals surface area (Å²) in [5.41, 5.74) is 3.28. The fourth-order valence-electron chi connectivity index (χ4n) is 7.85. The van der Waals surface area contributed by atoms with Crippen LogP contribution in [0.2, 0.25) is 0 Å². The molecule has 0 N–H and O–H groups in total. The summed E-state index contributed by atoms with van der Waals surface area (Å²) in [7, 11) is 0. The molecule has 3 fully saturated rings. The summed E-state index contributed by atoms with van der Waals surface area (Å²) in [6.07, 6.45) is 18.5. The van der Waals surface area contributed by atoms with E-state index in [2.05, 4.69) is 88.6 Å². The number of benzene rings is 1. The Morgan fingerprint density at radius 2 is 1.49 bits per heavy atom. The van der Waals surface area contributed by atoms with Crippen LogP contribution in [0.15, 0.2) is 49.1 Å². The third-order valence-electron chi connectivity index (χ3n) is 9.55. The van der Waals surface area contributed by atoms with Crippen LogP contribution in [0.25, 0.3) is 0 Å². The maximum absolute atomic E-state index is 6.48. The molecule has 0 amide bonds. The van der Waals surface area contributed by atoms with E-state index in [4.69, 9.17) is 4.74 Å². The molecule has 0 spiro atoms. The molecule has 2 aliphatic heterocycles. The highest BCUT2D eigenvalue weighted by atomic mass is 16.5. The van der Waals surface area contributed by atoms with Crippen molar-refractivity contribution < 1.29 is 4.74 Å². The SMILES string of the molecule is C=CCCN1C(C)(C)CC(c2ccc(C3CCC(C4CCC(/C=C/C)CC4)CO3)cc2)CC1(C)C. The topological polar surface area (TPSA) is 12.5 Å². The average Bonchev–Trinajstić information content (AvgIpc) is 2.84. The van der Waals surface area contributed by atoms with Gasteiger partial charge in [-0.1, -0.05) is 42.5 Å². The maximum atomic E-state index is 6.48. The van der Waals surface area contributed by atoms with E-state index in [-0.39, 0.29) is 17.2 Å². The minimum atomic E-state index is 0.196. The molecular formula is C33H51NO. The number of allylic oxidation sites excluding steroid dienone is 2. The summed E-state index contributed by atoms with van der Waals surface area (Å²) >= 11 is 0. The highest BCUT2D eigenvalue weighted by molar-refractivity contribution is 5.29. The standard InChI is InChI=1S/C33H51NO/c1-7-9-21-34-32(3,4)22-30(23-33(34,5)6)27-15-17-28(18-16-27)31-20-19-29(24-35-31)26-13-11-25(10-8-2)12-14-26/h7-8,10,15-18,25-26,29-31H,1,9,11-14,19-24H2,2-6H3/b10-8+. The van der Waals surface area contributed by atoms with Crippen molar-refractivity contribution in [3.8, 4) is 0 Å². The summed E-state index contributed by atoms with van der Waals surface area (Å²) in [6, 6.07) is 9.55. The number of hydrogen-bond acceptors (Lipinski definition) is 2. The molecule has 2 heteroatoms. The van der Waals surface area contributed by atoms with Gasteiger partial charge in [0.05, 0.1) is 12.7 Å². The Morgan fingerprint density at radius 3 is 2.03 bits per heavy atom. The molecule has 2 unspecified atom stereocenters. The molecule has 1 aromatic carbocycles. The number of hydrogen-bond donors (Lipinski definition) is 0.